The summed E-state index contributed by atoms with van der Waals surface area (Å²) in [6.07, 6.45) is 4.06. The normalized spacial score (nSPS) is 15.9. The number of nitrogens with zero attached hydrogens (tertiary/aromatic N) is 5. The molecular formula is C13H14ClN5OS. The quantitative estimate of drug-likeness (QED) is 0.845. The number of amides is 1. The highest BCUT2D eigenvalue weighted by Crippen LogP contribution is 2.14. The number of thiazole rings is 1. The second-order valence-electron chi connectivity index (χ2n) is 4.71. The van der Waals surface area contributed by atoms with Gasteiger partial charge in [-0.2, -0.15) is 0 Å². The molecule has 1 aliphatic rings. The van der Waals surface area contributed by atoms with Crippen molar-refractivity contribution in [2.75, 3.05) is 31.1 Å². The maximum atomic E-state index is 12.3. The molecule has 0 saturated carbocycles. The summed E-state index contributed by atoms with van der Waals surface area (Å²) in [5, 5.41) is 2.31. The Bertz CT molecular complexity index is 604. The van der Waals surface area contributed by atoms with Gasteiger partial charge in [-0.25, -0.2) is 15.0 Å². The molecule has 0 spiro atoms. The summed E-state index contributed by atoms with van der Waals surface area (Å²) in [6, 6.07) is 0. The Morgan fingerprint density at radius 3 is 2.67 bits per heavy atom. The largest absolute Gasteiger partial charge is 0.339 e. The van der Waals surface area contributed by atoms with E-state index in [0.29, 0.717) is 29.8 Å². The van der Waals surface area contributed by atoms with Gasteiger partial charge in [-0.3, -0.25) is 4.79 Å². The van der Waals surface area contributed by atoms with E-state index in [0.717, 1.165) is 19.5 Å². The number of carbonyl (C=O) groups excluding carboxylic acids is 1. The Morgan fingerprint density at radius 1 is 1.14 bits per heavy atom. The monoisotopic (exact) mass is 323 g/mol. The van der Waals surface area contributed by atoms with Crippen molar-refractivity contribution in [1.29, 1.82) is 0 Å². The predicted molar refractivity (Wildman–Crippen MR) is 81.9 cm³/mol. The van der Waals surface area contributed by atoms with E-state index in [2.05, 4.69) is 19.9 Å². The molecule has 1 amide bonds. The van der Waals surface area contributed by atoms with Crippen molar-refractivity contribution in [1.82, 2.24) is 19.9 Å². The van der Waals surface area contributed by atoms with Crippen molar-refractivity contribution in [2.45, 2.75) is 6.42 Å². The van der Waals surface area contributed by atoms with E-state index in [-0.39, 0.29) is 5.91 Å². The van der Waals surface area contributed by atoms with Crippen LogP contribution < -0.4 is 4.90 Å². The highest BCUT2D eigenvalue weighted by atomic mass is 35.5. The van der Waals surface area contributed by atoms with Crippen LogP contribution in [0.5, 0.6) is 0 Å². The van der Waals surface area contributed by atoms with Gasteiger partial charge in [0.2, 0.25) is 5.95 Å². The minimum absolute atomic E-state index is 0.00451. The molecule has 3 rings (SSSR count). The van der Waals surface area contributed by atoms with Gasteiger partial charge in [-0.05, 0) is 6.42 Å². The van der Waals surface area contributed by atoms with Crippen molar-refractivity contribution in [3.8, 4) is 0 Å². The molecule has 0 aromatic carbocycles. The third-order valence-electron chi connectivity index (χ3n) is 3.32. The van der Waals surface area contributed by atoms with Gasteiger partial charge in [0.15, 0.2) is 0 Å². The fourth-order valence-corrected chi connectivity index (χ4v) is 2.89. The van der Waals surface area contributed by atoms with E-state index < -0.39 is 0 Å². The summed E-state index contributed by atoms with van der Waals surface area (Å²) in [6.45, 7) is 2.89. The fourth-order valence-electron chi connectivity index (χ4n) is 2.27. The Balaban J connectivity index is 1.66. The molecule has 0 unspecified atom stereocenters. The Hall–Kier alpha value is -1.73. The van der Waals surface area contributed by atoms with Gasteiger partial charge < -0.3 is 9.80 Å². The van der Waals surface area contributed by atoms with E-state index in [9.17, 15) is 4.79 Å². The fraction of sp³-hybridized carbons (Fsp3) is 0.385. The summed E-state index contributed by atoms with van der Waals surface area (Å²) in [7, 11) is 0. The Labute approximate surface area is 131 Å². The van der Waals surface area contributed by atoms with E-state index in [1.807, 2.05) is 4.90 Å². The highest BCUT2D eigenvalue weighted by Gasteiger charge is 2.22. The van der Waals surface area contributed by atoms with Crippen molar-refractivity contribution >= 4 is 34.8 Å². The van der Waals surface area contributed by atoms with Crippen molar-refractivity contribution in [2.24, 2.45) is 0 Å². The molecular weight excluding hydrogens is 310 g/mol. The summed E-state index contributed by atoms with van der Waals surface area (Å²) in [4.78, 5) is 28.8. The van der Waals surface area contributed by atoms with Gasteiger partial charge >= 0.3 is 0 Å². The second kappa shape index (κ2) is 6.36. The van der Waals surface area contributed by atoms with Crippen LogP contribution in [0.2, 0.25) is 5.02 Å². The molecule has 1 aliphatic heterocycles. The van der Waals surface area contributed by atoms with Crippen molar-refractivity contribution in [3.63, 3.8) is 0 Å². The lowest BCUT2D eigenvalue weighted by atomic mass is 10.3. The first kappa shape index (κ1) is 14.2. The van der Waals surface area contributed by atoms with E-state index >= 15 is 0 Å². The molecule has 8 heteroatoms. The molecule has 0 bridgehead atoms. The van der Waals surface area contributed by atoms with E-state index in [1.54, 1.807) is 23.3 Å². The number of carbonyl (C=O) groups is 1. The highest BCUT2D eigenvalue weighted by molar-refractivity contribution is 7.07. The SMILES string of the molecule is O=C(c1cscn1)N1CCCN(c2ncc(Cl)cn2)CC1. The average molecular weight is 324 g/mol. The van der Waals surface area contributed by atoms with Crippen LogP contribution in [0, 0.1) is 0 Å². The summed E-state index contributed by atoms with van der Waals surface area (Å²) < 4.78 is 0. The number of halogens is 1. The van der Waals surface area contributed by atoms with Crippen LogP contribution in [0.25, 0.3) is 0 Å². The smallest absolute Gasteiger partial charge is 0.273 e. The summed E-state index contributed by atoms with van der Waals surface area (Å²) in [5.41, 5.74) is 2.20. The zero-order valence-corrected chi connectivity index (χ0v) is 12.8. The van der Waals surface area contributed by atoms with Gasteiger partial charge in [-0.15, -0.1) is 11.3 Å². The standard InChI is InChI=1S/C13H14ClN5OS/c14-10-6-15-13(16-7-10)19-3-1-2-18(4-5-19)12(20)11-8-21-9-17-11/h6-9H,1-5H2. The third-order valence-corrected chi connectivity index (χ3v) is 4.11. The first-order valence-corrected chi connectivity index (χ1v) is 7.96. The molecule has 0 aliphatic carbocycles. The summed E-state index contributed by atoms with van der Waals surface area (Å²) >= 11 is 7.24. The molecule has 21 heavy (non-hydrogen) atoms. The van der Waals surface area contributed by atoms with Gasteiger partial charge in [0.05, 0.1) is 22.9 Å². The Morgan fingerprint density at radius 2 is 1.95 bits per heavy atom. The maximum Gasteiger partial charge on any atom is 0.273 e. The van der Waals surface area contributed by atoms with Gasteiger partial charge in [0.25, 0.3) is 5.91 Å². The zero-order valence-electron chi connectivity index (χ0n) is 11.3. The van der Waals surface area contributed by atoms with Crippen LogP contribution in [-0.4, -0.2) is 51.9 Å². The number of hydrogen-bond acceptors (Lipinski definition) is 6. The van der Waals surface area contributed by atoms with Crippen LogP contribution in [0.15, 0.2) is 23.3 Å². The number of rotatable bonds is 2. The van der Waals surface area contributed by atoms with Gasteiger partial charge in [-0.1, -0.05) is 11.6 Å². The average Bonchev–Trinajstić information content (AvgIpc) is 2.92. The van der Waals surface area contributed by atoms with Crippen LogP contribution in [0.1, 0.15) is 16.9 Å². The zero-order chi connectivity index (χ0) is 14.7. The molecule has 0 radical (unpaired) electrons. The molecule has 3 heterocycles. The number of anilines is 1. The lowest BCUT2D eigenvalue weighted by molar-refractivity contribution is 0.0762. The molecule has 6 nitrogen and oxygen atoms in total. The topological polar surface area (TPSA) is 62.2 Å². The lowest BCUT2D eigenvalue weighted by Gasteiger charge is -2.21. The summed E-state index contributed by atoms with van der Waals surface area (Å²) in [5.74, 6) is 0.650. The van der Waals surface area contributed by atoms with Crippen LogP contribution >= 0.6 is 22.9 Å². The third kappa shape index (κ3) is 3.30. The van der Waals surface area contributed by atoms with Crippen molar-refractivity contribution < 1.29 is 4.79 Å². The first-order chi connectivity index (χ1) is 10.2. The number of aromatic nitrogens is 3. The molecule has 0 N–H and O–H groups in total. The molecule has 1 fully saturated rings. The lowest BCUT2D eigenvalue weighted by Crippen LogP contribution is -2.35. The minimum Gasteiger partial charge on any atom is -0.339 e. The molecule has 2 aromatic rings. The second-order valence-corrected chi connectivity index (χ2v) is 5.86. The first-order valence-electron chi connectivity index (χ1n) is 6.64. The van der Waals surface area contributed by atoms with Gasteiger partial charge in [0, 0.05) is 31.6 Å². The van der Waals surface area contributed by atoms with Crippen LogP contribution in [-0.2, 0) is 0 Å². The van der Waals surface area contributed by atoms with Crippen molar-refractivity contribution in [3.05, 3.63) is 34.0 Å². The minimum atomic E-state index is -0.00451. The molecule has 2 aromatic heterocycles. The molecule has 1 saturated heterocycles. The molecule has 0 atom stereocenters. The van der Waals surface area contributed by atoms with Crippen LogP contribution in [0.4, 0.5) is 5.95 Å². The van der Waals surface area contributed by atoms with Gasteiger partial charge in [0.1, 0.15) is 5.69 Å². The van der Waals surface area contributed by atoms with Crippen LogP contribution in [0.3, 0.4) is 0 Å². The predicted octanol–water partition coefficient (Wildman–Crippen LogP) is 1.94. The van der Waals surface area contributed by atoms with E-state index in [4.69, 9.17) is 11.6 Å². The van der Waals surface area contributed by atoms with E-state index in [1.165, 1.54) is 11.3 Å². The maximum absolute atomic E-state index is 12.3. The molecule has 110 valence electrons. The Kier molecular flexibility index (Phi) is 4.31. The number of hydrogen-bond donors (Lipinski definition) is 0.